The number of fused-ring (bicyclic) bond motifs is 1. The van der Waals surface area contributed by atoms with Gasteiger partial charge in [-0.05, 0) is 57.3 Å². The largest absolute Gasteiger partial charge is 0.483 e. The van der Waals surface area contributed by atoms with Crippen LogP contribution in [0.15, 0.2) is 29.0 Å². The normalized spacial score (nSPS) is 24.2. The highest BCUT2D eigenvalue weighted by atomic mass is 16.5. The summed E-state index contributed by atoms with van der Waals surface area (Å²) in [6.07, 6.45) is 7.62. The summed E-state index contributed by atoms with van der Waals surface area (Å²) >= 11 is 0. The Morgan fingerprint density at radius 1 is 1.33 bits per heavy atom. The monoisotopic (exact) mass is 459 g/mol. The van der Waals surface area contributed by atoms with Crippen LogP contribution < -0.4 is 0 Å². The maximum absolute atomic E-state index is 12.8. The van der Waals surface area contributed by atoms with E-state index in [-0.39, 0.29) is 18.5 Å². The van der Waals surface area contributed by atoms with Gasteiger partial charge in [0.15, 0.2) is 0 Å². The van der Waals surface area contributed by atoms with Crippen molar-refractivity contribution in [3.63, 3.8) is 0 Å². The second-order valence-electron chi connectivity index (χ2n) is 8.81. The molecule has 1 aliphatic carbocycles. The van der Waals surface area contributed by atoms with Gasteiger partial charge in [0.05, 0.1) is 6.10 Å². The molecule has 0 unspecified atom stereocenters. The number of carbonyl (C=O) groups is 2. The topological polar surface area (TPSA) is 122 Å². The molecule has 1 saturated heterocycles. The molecule has 33 heavy (non-hydrogen) atoms. The Bertz CT molecular complexity index is 890. The van der Waals surface area contributed by atoms with Crippen molar-refractivity contribution in [3.05, 3.63) is 30.4 Å². The molecule has 0 spiro atoms. The summed E-state index contributed by atoms with van der Waals surface area (Å²) in [5.74, 6) is 2.45. The molecule has 0 radical (unpaired) electrons. The average molecular weight is 460 g/mol. The molecule has 10 heteroatoms. The van der Waals surface area contributed by atoms with Crippen LogP contribution in [0.25, 0.3) is 11.4 Å². The zero-order chi connectivity index (χ0) is 23.8. The lowest BCUT2D eigenvalue weighted by Gasteiger charge is -2.40. The van der Waals surface area contributed by atoms with E-state index in [9.17, 15) is 4.79 Å². The molecule has 180 valence electrons. The Morgan fingerprint density at radius 3 is 2.70 bits per heavy atom. The fourth-order valence-electron chi connectivity index (χ4n) is 4.91. The van der Waals surface area contributed by atoms with E-state index >= 15 is 0 Å². The minimum absolute atomic E-state index is 0.228. The van der Waals surface area contributed by atoms with Crippen LogP contribution in [0, 0.1) is 11.8 Å². The number of carboxylic acid groups (broad SMARTS) is 1. The van der Waals surface area contributed by atoms with Gasteiger partial charge in [0.25, 0.3) is 6.47 Å². The third-order valence-corrected chi connectivity index (χ3v) is 6.57. The van der Waals surface area contributed by atoms with E-state index in [4.69, 9.17) is 19.2 Å². The summed E-state index contributed by atoms with van der Waals surface area (Å²) in [5, 5.41) is 10.9. The maximum atomic E-state index is 12.8. The van der Waals surface area contributed by atoms with Crippen LogP contribution in [0.1, 0.15) is 31.6 Å². The Kier molecular flexibility index (Phi) is 8.90. The number of ether oxygens (including phenoxy) is 1. The Labute approximate surface area is 193 Å². The van der Waals surface area contributed by atoms with E-state index < -0.39 is 0 Å². The fourth-order valence-corrected chi connectivity index (χ4v) is 4.91. The lowest BCUT2D eigenvalue weighted by Crippen LogP contribution is -2.47. The minimum Gasteiger partial charge on any atom is -0.483 e. The molecule has 1 saturated carbocycles. The van der Waals surface area contributed by atoms with Gasteiger partial charge in [0.2, 0.25) is 17.6 Å². The van der Waals surface area contributed by atoms with E-state index in [0.29, 0.717) is 48.9 Å². The van der Waals surface area contributed by atoms with E-state index in [0.717, 1.165) is 31.5 Å². The highest BCUT2D eigenvalue weighted by Crippen LogP contribution is 2.39. The molecule has 0 aromatic carbocycles. The molecule has 1 N–H and O–H groups in total. The summed E-state index contributed by atoms with van der Waals surface area (Å²) in [4.78, 5) is 33.9. The molecule has 2 aromatic heterocycles. The van der Waals surface area contributed by atoms with Crippen LogP contribution in [0.4, 0.5) is 0 Å². The van der Waals surface area contributed by atoms with Crippen molar-refractivity contribution in [2.75, 3.05) is 34.3 Å². The van der Waals surface area contributed by atoms with Gasteiger partial charge < -0.3 is 24.2 Å². The van der Waals surface area contributed by atoms with Crippen molar-refractivity contribution in [1.29, 1.82) is 0 Å². The first-order valence-electron chi connectivity index (χ1n) is 11.2. The summed E-state index contributed by atoms with van der Waals surface area (Å²) in [6, 6.07) is 4.16. The number of rotatable bonds is 7. The number of aryl methyl sites for hydroxylation is 1. The number of nitrogens with zero attached hydrogens (tertiary/aromatic N) is 5. The Morgan fingerprint density at radius 2 is 2.06 bits per heavy atom. The minimum atomic E-state index is -0.250. The van der Waals surface area contributed by atoms with Crippen molar-refractivity contribution in [2.45, 2.75) is 44.2 Å². The van der Waals surface area contributed by atoms with Crippen LogP contribution in [0.3, 0.4) is 0 Å². The molecular formula is C23H33N5O5. The van der Waals surface area contributed by atoms with Crippen molar-refractivity contribution in [2.24, 2.45) is 11.8 Å². The lowest BCUT2D eigenvalue weighted by molar-refractivity contribution is -0.130. The quantitative estimate of drug-likeness (QED) is 0.619. The predicted octanol–water partition coefficient (Wildman–Crippen LogP) is 1.97. The highest BCUT2D eigenvalue weighted by Gasteiger charge is 2.44. The van der Waals surface area contributed by atoms with Crippen LogP contribution in [0.2, 0.25) is 0 Å². The smallest absolute Gasteiger partial charge is 0.290 e. The Hall–Kier alpha value is -2.85. The number of pyridine rings is 1. The number of carbonyl (C=O) groups excluding carboxylic acids is 1. The summed E-state index contributed by atoms with van der Waals surface area (Å²) in [6.45, 7) is 1.48. The third kappa shape index (κ3) is 6.35. The molecular weight excluding hydrogens is 426 g/mol. The first-order chi connectivity index (χ1) is 16.0. The van der Waals surface area contributed by atoms with Gasteiger partial charge in [0.1, 0.15) is 0 Å². The van der Waals surface area contributed by atoms with Crippen molar-refractivity contribution in [1.82, 2.24) is 24.9 Å². The number of hydrogen-bond donors (Lipinski definition) is 1. The van der Waals surface area contributed by atoms with Crippen LogP contribution in [-0.4, -0.2) is 88.9 Å². The third-order valence-electron chi connectivity index (χ3n) is 6.57. The van der Waals surface area contributed by atoms with Crippen LogP contribution in [-0.2, 0) is 20.7 Å². The SMILES string of the molecule is CO[C@@H]1C[C@H]2CN(C(=O)CCCc3nc(-c4cccnc4)no3)C[C@H]2C[C@H]1N(C)C.O=CO. The summed E-state index contributed by atoms with van der Waals surface area (Å²) in [7, 11) is 6.04. The highest BCUT2D eigenvalue weighted by molar-refractivity contribution is 5.76. The van der Waals surface area contributed by atoms with Crippen molar-refractivity contribution < 1.29 is 24.0 Å². The van der Waals surface area contributed by atoms with Crippen LogP contribution >= 0.6 is 0 Å². The molecule has 4 atom stereocenters. The molecule has 3 heterocycles. The van der Waals surface area contributed by atoms with Gasteiger partial charge in [-0.3, -0.25) is 14.6 Å². The zero-order valence-electron chi connectivity index (χ0n) is 19.5. The second-order valence-corrected chi connectivity index (χ2v) is 8.81. The van der Waals surface area contributed by atoms with Gasteiger partial charge in [0, 0.05) is 57.0 Å². The predicted molar refractivity (Wildman–Crippen MR) is 120 cm³/mol. The summed E-state index contributed by atoms with van der Waals surface area (Å²) < 4.78 is 11.1. The fraction of sp³-hybridized carbons (Fsp3) is 0.609. The van der Waals surface area contributed by atoms with E-state index in [1.54, 1.807) is 19.5 Å². The molecule has 2 fully saturated rings. The standard InChI is InChI=1S/C22H31N5O3.CH2O2/c1-26(2)18-10-16-13-27(14-17(16)11-19(18)29-3)21(28)8-4-7-20-24-22(25-30-20)15-6-5-9-23-12-15;2-1-3/h5-6,9,12,16-19H,4,7-8,10-11,13-14H2,1-3H3;1H,(H,2,3)/t16-,17+,18-,19-;/m1./s1. The zero-order valence-corrected chi connectivity index (χ0v) is 19.5. The van der Waals surface area contributed by atoms with E-state index in [1.807, 2.05) is 12.1 Å². The first kappa shape index (κ1) is 24.8. The first-order valence-corrected chi connectivity index (χ1v) is 11.2. The molecule has 0 bridgehead atoms. The summed E-state index contributed by atoms with van der Waals surface area (Å²) in [5.41, 5.74) is 0.827. The lowest BCUT2D eigenvalue weighted by atomic mass is 9.77. The van der Waals surface area contributed by atoms with E-state index in [1.165, 1.54) is 0 Å². The second kappa shape index (κ2) is 11.9. The Balaban J connectivity index is 0.000000968. The molecule has 2 aromatic rings. The number of amides is 1. The molecule has 10 nitrogen and oxygen atoms in total. The molecule has 1 aliphatic heterocycles. The number of methoxy groups -OCH3 is 1. The van der Waals surface area contributed by atoms with Gasteiger partial charge >= 0.3 is 0 Å². The number of hydrogen-bond acceptors (Lipinski definition) is 8. The van der Waals surface area contributed by atoms with Gasteiger partial charge in [-0.25, -0.2) is 0 Å². The van der Waals surface area contributed by atoms with Crippen molar-refractivity contribution in [3.8, 4) is 11.4 Å². The molecule has 4 rings (SSSR count). The molecule has 1 amide bonds. The van der Waals surface area contributed by atoms with Crippen molar-refractivity contribution >= 4 is 12.4 Å². The van der Waals surface area contributed by atoms with Gasteiger partial charge in [-0.15, -0.1) is 0 Å². The number of aromatic nitrogens is 3. The number of likely N-dealkylation sites (tertiary alicyclic amines) is 1. The van der Waals surface area contributed by atoms with Gasteiger partial charge in [-0.2, -0.15) is 4.98 Å². The van der Waals surface area contributed by atoms with E-state index in [2.05, 4.69) is 39.0 Å². The molecule has 2 aliphatic rings. The average Bonchev–Trinajstić information content (AvgIpc) is 3.46. The number of likely N-dealkylation sites (N-methyl/N-ethyl adjacent to an activating group) is 1. The van der Waals surface area contributed by atoms with Crippen LogP contribution in [0.5, 0.6) is 0 Å². The van der Waals surface area contributed by atoms with Gasteiger partial charge in [-0.1, -0.05) is 5.16 Å². The maximum Gasteiger partial charge on any atom is 0.290 e.